The van der Waals surface area contributed by atoms with E-state index in [-0.39, 0.29) is 17.6 Å². The van der Waals surface area contributed by atoms with Crippen molar-refractivity contribution in [1.29, 1.82) is 0 Å². The summed E-state index contributed by atoms with van der Waals surface area (Å²) in [5.74, 6) is 0.604. The number of nitrogens with two attached hydrogens (primary N) is 1. The summed E-state index contributed by atoms with van der Waals surface area (Å²) in [4.78, 5) is 14.2. The van der Waals surface area contributed by atoms with Gasteiger partial charge in [0.25, 0.3) is 0 Å². The first kappa shape index (κ1) is 14.5. The highest BCUT2D eigenvalue weighted by atomic mass is 16.2. The molecule has 2 atom stereocenters. The number of amides is 1. The topological polar surface area (TPSA) is 58.4 Å². The van der Waals surface area contributed by atoms with Crippen molar-refractivity contribution in [2.75, 3.05) is 6.54 Å². The Morgan fingerprint density at radius 1 is 1.47 bits per heavy atom. The lowest BCUT2D eigenvalue weighted by Crippen LogP contribution is -2.48. The maximum absolute atomic E-state index is 12.4. The number of hydrogen-bond acceptors (Lipinski definition) is 3. The molecule has 0 aliphatic carbocycles. The second-order valence-corrected chi connectivity index (χ2v) is 7.01. The fourth-order valence-electron chi connectivity index (χ4n) is 2.55. The van der Waals surface area contributed by atoms with Gasteiger partial charge in [-0.3, -0.25) is 15.8 Å². The Morgan fingerprint density at radius 3 is 2.41 bits per heavy atom. The minimum Gasteiger partial charge on any atom is -0.312 e. The summed E-state index contributed by atoms with van der Waals surface area (Å²) in [5, 5.41) is 3.24. The van der Waals surface area contributed by atoms with E-state index in [2.05, 4.69) is 39.9 Å². The molecular weight excluding hydrogens is 214 g/mol. The average molecular weight is 241 g/mol. The van der Waals surface area contributed by atoms with Crippen molar-refractivity contribution < 1.29 is 4.79 Å². The summed E-state index contributed by atoms with van der Waals surface area (Å²) >= 11 is 0. The van der Waals surface area contributed by atoms with E-state index in [1.807, 2.05) is 6.92 Å². The van der Waals surface area contributed by atoms with Crippen LogP contribution in [0.15, 0.2) is 0 Å². The van der Waals surface area contributed by atoms with Gasteiger partial charge in [0, 0.05) is 6.54 Å². The molecule has 1 aliphatic heterocycles. The van der Waals surface area contributed by atoms with Crippen LogP contribution in [0.25, 0.3) is 0 Å². The van der Waals surface area contributed by atoms with Crippen LogP contribution in [0.4, 0.5) is 0 Å². The third kappa shape index (κ3) is 3.42. The third-order valence-electron chi connectivity index (χ3n) is 3.00. The second kappa shape index (κ2) is 4.58. The molecule has 0 bridgehead atoms. The molecule has 0 spiro atoms. The molecule has 1 amide bonds. The summed E-state index contributed by atoms with van der Waals surface area (Å²) < 4.78 is 0. The molecule has 4 nitrogen and oxygen atoms in total. The number of rotatable bonds is 3. The highest BCUT2D eigenvalue weighted by Crippen LogP contribution is 2.28. The van der Waals surface area contributed by atoms with Crippen molar-refractivity contribution in [3.05, 3.63) is 0 Å². The Kier molecular flexibility index (Phi) is 3.89. The minimum absolute atomic E-state index is 0.0675. The molecule has 1 heterocycles. The van der Waals surface area contributed by atoms with Crippen LogP contribution < -0.4 is 11.1 Å². The first-order valence-electron chi connectivity index (χ1n) is 6.39. The Hall–Kier alpha value is -0.610. The standard InChI is InChI=1S/C13H27N3O/c1-9(2)7-13(6)10(17)16(11(14)15-13)8-12(3,4)5/h9,11,15H,7-8,14H2,1-6H3. The van der Waals surface area contributed by atoms with Crippen LogP contribution in [-0.2, 0) is 4.79 Å². The Labute approximate surface area is 105 Å². The molecule has 0 radical (unpaired) electrons. The molecule has 1 saturated heterocycles. The van der Waals surface area contributed by atoms with Crippen molar-refractivity contribution in [1.82, 2.24) is 10.2 Å². The van der Waals surface area contributed by atoms with E-state index in [9.17, 15) is 4.79 Å². The zero-order valence-electron chi connectivity index (χ0n) is 12.0. The van der Waals surface area contributed by atoms with Crippen molar-refractivity contribution in [3.8, 4) is 0 Å². The number of carbonyl (C=O) groups is 1. The van der Waals surface area contributed by atoms with E-state index in [1.54, 1.807) is 4.90 Å². The maximum atomic E-state index is 12.4. The molecule has 100 valence electrons. The smallest absolute Gasteiger partial charge is 0.244 e. The first-order chi connectivity index (χ1) is 7.55. The quantitative estimate of drug-likeness (QED) is 0.787. The van der Waals surface area contributed by atoms with Crippen molar-refractivity contribution >= 4 is 5.91 Å². The largest absolute Gasteiger partial charge is 0.312 e. The molecular formula is C13H27N3O. The monoisotopic (exact) mass is 241 g/mol. The summed E-state index contributed by atoms with van der Waals surface area (Å²) in [7, 11) is 0. The third-order valence-corrected chi connectivity index (χ3v) is 3.00. The maximum Gasteiger partial charge on any atom is 0.244 e. The number of nitrogens with one attached hydrogen (secondary N) is 1. The highest BCUT2D eigenvalue weighted by molar-refractivity contribution is 5.88. The van der Waals surface area contributed by atoms with Gasteiger partial charge in [-0.15, -0.1) is 0 Å². The summed E-state index contributed by atoms with van der Waals surface area (Å²) in [6.07, 6.45) is 0.464. The van der Waals surface area contributed by atoms with E-state index in [4.69, 9.17) is 5.73 Å². The molecule has 0 aromatic rings. The van der Waals surface area contributed by atoms with E-state index in [0.29, 0.717) is 12.5 Å². The molecule has 17 heavy (non-hydrogen) atoms. The van der Waals surface area contributed by atoms with Crippen LogP contribution in [-0.4, -0.2) is 29.2 Å². The molecule has 0 saturated carbocycles. The fourth-order valence-corrected chi connectivity index (χ4v) is 2.55. The van der Waals surface area contributed by atoms with Crippen LogP contribution in [0.3, 0.4) is 0 Å². The molecule has 1 rings (SSSR count). The number of carbonyl (C=O) groups excluding carboxylic acids is 1. The van der Waals surface area contributed by atoms with Gasteiger partial charge < -0.3 is 4.90 Å². The summed E-state index contributed by atoms with van der Waals surface area (Å²) in [5.41, 5.74) is 5.59. The summed E-state index contributed by atoms with van der Waals surface area (Å²) in [6.45, 7) is 13.2. The number of nitrogens with zero attached hydrogens (tertiary/aromatic N) is 1. The van der Waals surface area contributed by atoms with Crippen LogP contribution in [0.1, 0.15) is 48.0 Å². The Bertz CT molecular complexity index is 296. The van der Waals surface area contributed by atoms with Gasteiger partial charge in [-0.1, -0.05) is 34.6 Å². The van der Waals surface area contributed by atoms with E-state index in [0.717, 1.165) is 6.42 Å². The summed E-state index contributed by atoms with van der Waals surface area (Å²) in [6, 6.07) is 0. The predicted molar refractivity (Wildman–Crippen MR) is 70.1 cm³/mol. The van der Waals surface area contributed by atoms with Gasteiger partial charge in [-0.2, -0.15) is 0 Å². The van der Waals surface area contributed by atoms with Gasteiger partial charge in [0.1, 0.15) is 6.29 Å². The predicted octanol–water partition coefficient (Wildman–Crippen LogP) is 1.51. The molecule has 0 aromatic carbocycles. The van der Waals surface area contributed by atoms with Crippen LogP contribution in [0.2, 0.25) is 0 Å². The zero-order chi connectivity index (χ0) is 13.4. The molecule has 1 aliphatic rings. The lowest BCUT2D eigenvalue weighted by atomic mass is 9.90. The molecule has 4 heteroatoms. The molecule has 0 aromatic heterocycles. The van der Waals surface area contributed by atoms with Gasteiger partial charge >= 0.3 is 0 Å². The second-order valence-electron chi connectivity index (χ2n) is 7.01. The van der Waals surface area contributed by atoms with Gasteiger partial charge in [-0.25, -0.2) is 0 Å². The van der Waals surface area contributed by atoms with Gasteiger partial charge in [0.15, 0.2) is 0 Å². The minimum atomic E-state index is -0.501. The number of hydrogen-bond donors (Lipinski definition) is 2. The highest BCUT2D eigenvalue weighted by Gasteiger charge is 2.47. The average Bonchev–Trinajstić information content (AvgIpc) is 2.26. The van der Waals surface area contributed by atoms with Gasteiger partial charge in [0.05, 0.1) is 5.54 Å². The first-order valence-corrected chi connectivity index (χ1v) is 6.39. The van der Waals surface area contributed by atoms with Crippen molar-refractivity contribution in [2.45, 2.75) is 59.8 Å². The molecule has 2 unspecified atom stereocenters. The van der Waals surface area contributed by atoms with Crippen LogP contribution >= 0.6 is 0 Å². The van der Waals surface area contributed by atoms with E-state index < -0.39 is 5.54 Å². The van der Waals surface area contributed by atoms with Gasteiger partial charge in [0.2, 0.25) is 5.91 Å². The van der Waals surface area contributed by atoms with Crippen molar-refractivity contribution in [3.63, 3.8) is 0 Å². The SMILES string of the molecule is CC(C)CC1(C)NC(N)N(CC(C)(C)C)C1=O. The van der Waals surface area contributed by atoms with E-state index in [1.165, 1.54) is 0 Å². The van der Waals surface area contributed by atoms with E-state index >= 15 is 0 Å². The zero-order valence-corrected chi connectivity index (χ0v) is 12.0. The lowest BCUT2D eigenvalue weighted by Gasteiger charge is -2.29. The Morgan fingerprint density at radius 2 is 2.00 bits per heavy atom. The Balaban J connectivity index is 2.81. The van der Waals surface area contributed by atoms with Crippen LogP contribution in [0.5, 0.6) is 0 Å². The van der Waals surface area contributed by atoms with Gasteiger partial charge in [-0.05, 0) is 24.7 Å². The lowest BCUT2D eigenvalue weighted by molar-refractivity contribution is -0.134. The fraction of sp³-hybridized carbons (Fsp3) is 0.923. The molecule has 1 fully saturated rings. The van der Waals surface area contributed by atoms with Crippen molar-refractivity contribution in [2.24, 2.45) is 17.1 Å². The molecule has 3 N–H and O–H groups in total. The normalized spacial score (nSPS) is 30.5. The van der Waals surface area contributed by atoms with Crippen LogP contribution in [0, 0.1) is 11.3 Å².